The highest BCUT2D eigenvalue weighted by Crippen LogP contribution is 2.18. The number of nitrogens with two attached hydrogens (primary N) is 1. The molecule has 0 saturated heterocycles. The Morgan fingerprint density at radius 2 is 2.00 bits per heavy atom. The van der Waals surface area contributed by atoms with E-state index in [1.165, 1.54) is 0 Å². The van der Waals surface area contributed by atoms with Gasteiger partial charge in [0.1, 0.15) is 5.75 Å². The predicted molar refractivity (Wildman–Crippen MR) is 75.3 cm³/mol. The Morgan fingerprint density at radius 1 is 1.26 bits per heavy atom. The first-order valence-corrected chi connectivity index (χ1v) is 6.48. The molecule has 1 unspecified atom stereocenters. The third-order valence-electron chi connectivity index (χ3n) is 2.90. The molecule has 2 rings (SSSR count). The largest absolute Gasteiger partial charge is 0.424 e. The number of benzene rings is 1. The number of hydrogen-bond acceptors (Lipinski definition) is 4. The van der Waals surface area contributed by atoms with Crippen LogP contribution in [0.15, 0.2) is 36.7 Å². The Morgan fingerprint density at radius 3 is 2.63 bits per heavy atom. The quantitative estimate of drug-likeness (QED) is 0.894. The van der Waals surface area contributed by atoms with E-state index in [1.807, 2.05) is 31.2 Å². The maximum absolute atomic E-state index is 5.90. The van der Waals surface area contributed by atoms with Crippen LogP contribution in [-0.2, 0) is 6.42 Å². The predicted octanol–water partition coefficient (Wildman–Crippen LogP) is 2.86. The molecule has 4 heteroatoms. The molecule has 4 nitrogen and oxygen atoms in total. The molecule has 2 N–H and O–H groups in total. The van der Waals surface area contributed by atoms with Gasteiger partial charge < -0.3 is 10.5 Å². The molecule has 0 aliphatic carbocycles. The van der Waals surface area contributed by atoms with Gasteiger partial charge in [-0.2, -0.15) is 0 Å². The molecule has 100 valence electrons. The molecule has 0 aliphatic heterocycles. The van der Waals surface area contributed by atoms with Gasteiger partial charge in [-0.25, -0.2) is 9.97 Å². The Bertz CT molecular complexity index is 525. The summed E-state index contributed by atoms with van der Waals surface area (Å²) in [6.07, 6.45) is 5.28. The van der Waals surface area contributed by atoms with Crippen molar-refractivity contribution in [2.45, 2.75) is 32.7 Å². The summed E-state index contributed by atoms with van der Waals surface area (Å²) < 4.78 is 5.59. The summed E-state index contributed by atoms with van der Waals surface area (Å²) in [7, 11) is 0. The number of aromatic nitrogens is 2. The smallest absolute Gasteiger partial charge is 0.321 e. The molecular formula is C15H19N3O. The van der Waals surface area contributed by atoms with Crippen molar-refractivity contribution < 1.29 is 4.74 Å². The van der Waals surface area contributed by atoms with Gasteiger partial charge in [-0.15, -0.1) is 0 Å². The van der Waals surface area contributed by atoms with Gasteiger partial charge >= 0.3 is 6.01 Å². The Labute approximate surface area is 113 Å². The molecule has 0 amide bonds. The van der Waals surface area contributed by atoms with Crippen LogP contribution in [0.1, 0.15) is 24.5 Å². The standard InChI is InChI=1S/C15H19N3O/c1-3-13(16)8-12-9-17-15(18-10-12)19-14-6-4-5-11(2)7-14/h4-7,9-10,13H,3,8,16H2,1-2H3. The second-order valence-corrected chi connectivity index (χ2v) is 4.66. The van der Waals surface area contributed by atoms with Crippen molar-refractivity contribution in [2.75, 3.05) is 0 Å². The number of hydrogen-bond donors (Lipinski definition) is 1. The highest BCUT2D eigenvalue weighted by atomic mass is 16.5. The second-order valence-electron chi connectivity index (χ2n) is 4.66. The monoisotopic (exact) mass is 257 g/mol. The lowest BCUT2D eigenvalue weighted by molar-refractivity contribution is 0.440. The van der Waals surface area contributed by atoms with Crippen LogP contribution in [0.25, 0.3) is 0 Å². The van der Waals surface area contributed by atoms with Crippen molar-refractivity contribution in [3.63, 3.8) is 0 Å². The molecule has 0 saturated carbocycles. The molecular weight excluding hydrogens is 238 g/mol. The molecule has 0 spiro atoms. The summed E-state index contributed by atoms with van der Waals surface area (Å²) in [6.45, 7) is 4.09. The molecule has 1 aromatic carbocycles. The van der Waals surface area contributed by atoms with Crippen LogP contribution in [0.2, 0.25) is 0 Å². The first kappa shape index (κ1) is 13.5. The zero-order valence-corrected chi connectivity index (χ0v) is 11.3. The fraction of sp³-hybridized carbons (Fsp3) is 0.333. The minimum atomic E-state index is 0.159. The lowest BCUT2D eigenvalue weighted by Crippen LogP contribution is -2.21. The van der Waals surface area contributed by atoms with E-state index in [4.69, 9.17) is 10.5 Å². The number of ether oxygens (including phenoxy) is 1. The zero-order valence-electron chi connectivity index (χ0n) is 11.3. The molecule has 1 heterocycles. The fourth-order valence-corrected chi connectivity index (χ4v) is 1.73. The van der Waals surface area contributed by atoms with Crippen LogP contribution < -0.4 is 10.5 Å². The average molecular weight is 257 g/mol. The number of aryl methyl sites for hydroxylation is 1. The topological polar surface area (TPSA) is 61.0 Å². The first-order valence-electron chi connectivity index (χ1n) is 6.48. The molecule has 2 aromatic rings. The van der Waals surface area contributed by atoms with Gasteiger partial charge in [-0.05, 0) is 43.0 Å². The minimum absolute atomic E-state index is 0.159. The molecule has 0 radical (unpaired) electrons. The number of rotatable bonds is 5. The van der Waals surface area contributed by atoms with Crippen molar-refractivity contribution in [3.8, 4) is 11.8 Å². The highest BCUT2D eigenvalue weighted by Gasteiger charge is 2.04. The van der Waals surface area contributed by atoms with E-state index in [2.05, 4.69) is 16.9 Å². The lowest BCUT2D eigenvalue weighted by Gasteiger charge is -2.08. The lowest BCUT2D eigenvalue weighted by atomic mass is 10.1. The summed E-state index contributed by atoms with van der Waals surface area (Å²) in [6, 6.07) is 8.32. The third kappa shape index (κ3) is 4.03. The highest BCUT2D eigenvalue weighted by molar-refractivity contribution is 5.29. The molecule has 1 aromatic heterocycles. The molecule has 0 aliphatic rings. The van der Waals surface area contributed by atoms with Gasteiger partial charge in [0.25, 0.3) is 0 Å². The summed E-state index contributed by atoms with van der Waals surface area (Å²) in [5.41, 5.74) is 8.07. The minimum Gasteiger partial charge on any atom is -0.424 e. The van der Waals surface area contributed by atoms with Crippen molar-refractivity contribution in [1.82, 2.24) is 9.97 Å². The van der Waals surface area contributed by atoms with E-state index in [9.17, 15) is 0 Å². The molecule has 0 bridgehead atoms. The van der Waals surface area contributed by atoms with Crippen molar-refractivity contribution in [1.29, 1.82) is 0 Å². The van der Waals surface area contributed by atoms with Crippen LogP contribution in [-0.4, -0.2) is 16.0 Å². The summed E-state index contributed by atoms with van der Waals surface area (Å²) in [4.78, 5) is 8.40. The van der Waals surface area contributed by atoms with E-state index >= 15 is 0 Å². The molecule has 19 heavy (non-hydrogen) atoms. The summed E-state index contributed by atoms with van der Waals surface area (Å²) in [5, 5.41) is 0. The van der Waals surface area contributed by atoms with Crippen LogP contribution in [0.3, 0.4) is 0 Å². The van der Waals surface area contributed by atoms with Crippen LogP contribution in [0.4, 0.5) is 0 Å². The van der Waals surface area contributed by atoms with E-state index < -0.39 is 0 Å². The fourth-order valence-electron chi connectivity index (χ4n) is 1.73. The molecule has 1 atom stereocenters. The van der Waals surface area contributed by atoms with Gasteiger partial charge in [0.15, 0.2) is 0 Å². The Balaban J connectivity index is 2.02. The third-order valence-corrected chi connectivity index (χ3v) is 2.90. The van der Waals surface area contributed by atoms with Crippen molar-refractivity contribution in [3.05, 3.63) is 47.8 Å². The molecule has 0 fully saturated rings. The average Bonchev–Trinajstić information content (AvgIpc) is 2.41. The van der Waals surface area contributed by atoms with E-state index in [1.54, 1.807) is 12.4 Å². The zero-order chi connectivity index (χ0) is 13.7. The van der Waals surface area contributed by atoms with E-state index in [0.717, 1.165) is 29.7 Å². The Hall–Kier alpha value is -1.94. The van der Waals surface area contributed by atoms with Crippen molar-refractivity contribution in [2.24, 2.45) is 5.73 Å². The van der Waals surface area contributed by atoms with E-state index in [-0.39, 0.29) is 6.04 Å². The van der Waals surface area contributed by atoms with Crippen molar-refractivity contribution >= 4 is 0 Å². The van der Waals surface area contributed by atoms with Gasteiger partial charge in [0.2, 0.25) is 0 Å². The number of nitrogens with zero attached hydrogens (tertiary/aromatic N) is 2. The maximum Gasteiger partial charge on any atom is 0.321 e. The van der Waals surface area contributed by atoms with Crippen LogP contribution in [0, 0.1) is 6.92 Å². The Kier molecular flexibility index (Phi) is 4.47. The van der Waals surface area contributed by atoms with Gasteiger partial charge in [-0.3, -0.25) is 0 Å². The summed E-state index contributed by atoms with van der Waals surface area (Å²) in [5.74, 6) is 0.748. The normalized spacial score (nSPS) is 12.2. The van der Waals surface area contributed by atoms with Crippen LogP contribution in [0.5, 0.6) is 11.8 Å². The SMILES string of the molecule is CCC(N)Cc1cnc(Oc2cccc(C)c2)nc1. The van der Waals surface area contributed by atoms with Gasteiger partial charge in [0, 0.05) is 18.4 Å². The maximum atomic E-state index is 5.90. The van der Waals surface area contributed by atoms with Gasteiger partial charge in [-0.1, -0.05) is 19.1 Å². The van der Waals surface area contributed by atoms with Gasteiger partial charge in [0.05, 0.1) is 0 Å². The summed E-state index contributed by atoms with van der Waals surface area (Å²) >= 11 is 0. The second kappa shape index (κ2) is 6.29. The van der Waals surface area contributed by atoms with E-state index in [0.29, 0.717) is 6.01 Å². The first-order chi connectivity index (χ1) is 9.17. The van der Waals surface area contributed by atoms with Crippen LogP contribution >= 0.6 is 0 Å².